The molecular weight excluding hydrogens is 244 g/mol. The third-order valence-corrected chi connectivity index (χ3v) is 2.94. The molecule has 1 heterocycles. The minimum Gasteiger partial charge on any atom is -0.454 e. The van der Waals surface area contributed by atoms with Crippen LogP contribution in [0.25, 0.3) is 0 Å². The Labute approximate surface area is 100 Å². The zero-order chi connectivity index (χ0) is 12.3. The molecule has 94 valence electrons. The van der Waals surface area contributed by atoms with Gasteiger partial charge < -0.3 is 9.47 Å². The molecule has 0 atom stereocenters. The fourth-order valence-electron chi connectivity index (χ4n) is 1.58. The number of hydrogen-bond donors (Lipinski definition) is 0. The molecule has 0 saturated heterocycles. The minimum absolute atomic E-state index is 0.202. The largest absolute Gasteiger partial charge is 0.454 e. The molecule has 1 aromatic rings. The van der Waals surface area contributed by atoms with E-state index < -0.39 is 10.1 Å². The Morgan fingerprint density at radius 3 is 2.82 bits per heavy atom. The molecule has 0 aliphatic carbocycles. The number of ether oxygens (including phenoxy) is 2. The van der Waals surface area contributed by atoms with Gasteiger partial charge in [0.2, 0.25) is 6.79 Å². The maximum atomic E-state index is 10.7. The van der Waals surface area contributed by atoms with Crippen LogP contribution in [-0.4, -0.2) is 28.1 Å². The van der Waals surface area contributed by atoms with Gasteiger partial charge in [-0.05, 0) is 30.5 Å². The van der Waals surface area contributed by atoms with E-state index in [9.17, 15) is 8.42 Å². The van der Waals surface area contributed by atoms with Gasteiger partial charge >= 0.3 is 0 Å². The molecule has 0 aromatic heterocycles. The van der Waals surface area contributed by atoms with Gasteiger partial charge in [-0.15, -0.1) is 0 Å². The quantitative estimate of drug-likeness (QED) is 0.589. The molecular formula is C11H14O5S. The van der Waals surface area contributed by atoms with Crippen LogP contribution in [0.2, 0.25) is 0 Å². The normalized spacial score (nSPS) is 13.9. The first-order chi connectivity index (χ1) is 8.04. The second kappa shape index (κ2) is 4.93. The summed E-state index contributed by atoms with van der Waals surface area (Å²) < 4.78 is 36.6. The fraction of sp³-hybridized carbons (Fsp3) is 0.455. The Morgan fingerprint density at radius 1 is 1.29 bits per heavy atom. The molecule has 1 aliphatic heterocycles. The summed E-state index contributed by atoms with van der Waals surface area (Å²) in [6, 6.07) is 5.70. The summed E-state index contributed by atoms with van der Waals surface area (Å²) in [5.41, 5.74) is 1.08. The molecule has 17 heavy (non-hydrogen) atoms. The summed E-state index contributed by atoms with van der Waals surface area (Å²) >= 11 is 0. The molecule has 0 N–H and O–H groups in total. The lowest BCUT2D eigenvalue weighted by atomic mass is 10.1. The lowest BCUT2D eigenvalue weighted by Crippen LogP contribution is -2.04. The van der Waals surface area contributed by atoms with Crippen molar-refractivity contribution in [1.82, 2.24) is 0 Å². The van der Waals surface area contributed by atoms with Gasteiger partial charge in [0.25, 0.3) is 10.1 Å². The maximum absolute atomic E-state index is 10.7. The van der Waals surface area contributed by atoms with Crippen molar-refractivity contribution in [3.05, 3.63) is 23.8 Å². The van der Waals surface area contributed by atoms with Crippen LogP contribution in [0.1, 0.15) is 12.0 Å². The van der Waals surface area contributed by atoms with Crippen molar-refractivity contribution in [2.45, 2.75) is 12.8 Å². The van der Waals surface area contributed by atoms with Gasteiger partial charge in [-0.3, -0.25) is 4.18 Å². The summed E-state index contributed by atoms with van der Waals surface area (Å²) in [5, 5.41) is 0. The molecule has 0 radical (unpaired) electrons. The van der Waals surface area contributed by atoms with E-state index in [1.807, 2.05) is 18.2 Å². The smallest absolute Gasteiger partial charge is 0.264 e. The molecule has 2 rings (SSSR count). The maximum Gasteiger partial charge on any atom is 0.264 e. The number of fused-ring (bicyclic) bond motifs is 1. The Kier molecular flexibility index (Phi) is 3.54. The van der Waals surface area contributed by atoms with E-state index >= 15 is 0 Å². The lowest BCUT2D eigenvalue weighted by molar-refractivity contribution is 0.174. The van der Waals surface area contributed by atoms with Gasteiger partial charge in [-0.25, -0.2) is 0 Å². The first-order valence-corrected chi connectivity index (χ1v) is 7.09. The number of benzene rings is 1. The van der Waals surface area contributed by atoms with Crippen LogP contribution in [0.15, 0.2) is 18.2 Å². The van der Waals surface area contributed by atoms with Gasteiger partial charge in [0.15, 0.2) is 11.5 Å². The van der Waals surface area contributed by atoms with Crippen molar-refractivity contribution in [3.63, 3.8) is 0 Å². The van der Waals surface area contributed by atoms with Crippen LogP contribution in [0.5, 0.6) is 11.5 Å². The molecule has 0 fully saturated rings. The van der Waals surface area contributed by atoms with E-state index in [1.54, 1.807) is 0 Å². The van der Waals surface area contributed by atoms with Crippen LogP contribution >= 0.6 is 0 Å². The summed E-state index contributed by atoms with van der Waals surface area (Å²) in [5.74, 6) is 1.49. The Morgan fingerprint density at radius 2 is 2.06 bits per heavy atom. The van der Waals surface area contributed by atoms with Crippen molar-refractivity contribution in [2.24, 2.45) is 0 Å². The second-order valence-corrected chi connectivity index (χ2v) is 5.46. The van der Waals surface area contributed by atoms with E-state index in [1.165, 1.54) is 0 Å². The Balaban J connectivity index is 1.84. The highest BCUT2D eigenvalue weighted by Crippen LogP contribution is 2.32. The molecule has 0 spiro atoms. The molecule has 0 amide bonds. The first kappa shape index (κ1) is 12.2. The van der Waals surface area contributed by atoms with Gasteiger partial charge in [0, 0.05) is 0 Å². The monoisotopic (exact) mass is 258 g/mol. The number of rotatable bonds is 5. The average molecular weight is 258 g/mol. The van der Waals surface area contributed by atoms with Gasteiger partial charge in [-0.2, -0.15) is 8.42 Å². The van der Waals surface area contributed by atoms with Crippen molar-refractivity contribution < 1.29 is 22.1 Å². The summed E-state index contributed by atoms with van der Waals surface area (Å²) in [4.78, 5) is 0. The van der Waals surface area contributed by atoms with Gasteiger partial charge in [0.05, 0.1) is 12.9 Å². The lowest BCUT2D eigenvalue weighted by Gasteiger charge is -2.03. The third kappa shape index (κ3) is 3.61. The summed E-state index contributed by atoms with van der Waals surface area (Å²) in [6.07, 6.45) is 2.44. The van der Waals surface area contributed by atoms with Crippen LogP contribution in [0.3, 0.4) is 0 Å². The Bertz CT molecular complexity index is 495. The van der Waals surface area contributed by atoms with E-state index in [0.717, 1.165) is 29.7 Å². The van der Waals surface area contributed by atoms with E-state index in [0.29, 0.717) is 6.42 Å². The molecule has 0 unspecified atom stereocenters. The third-order valence-electron chi connectivity index (χ3n) is 2.34. The highest BCUT2D eigenvalue weighted by Gasteiger charge is 2.12. The number of aryl methyl sites for hydroxylation is 1. The fourth-order valence-corrected chi connectivity index (χ4v) is 2.00. The molecule has 1 aromatic carbocycles. The van der Waals surface area contributed by atoms with Crippen molar-refractivity contribution in [2.75, 3.05) is 19.7 Å². The Hall–Kier alpha value is -1.27. The highest BCUT2D eigenvalue weighted by atomic mass is 32.2. The van der Waals surface area contributed by atoms with Crippen LogP contribution in [0.4, 0.5) is 0 Å². The molecule has 6 heteroatoms. The predicted molar refractivity (Wildman–Crippen MR) is 61.7 cm³/mol. The van der Waals surface area contributed by atoms with Crippen LogP contribution in [0, 0.1) is 0 Å². The second-order valence-electron chi connectivity index (χ2n) is 3.82. The molecule has 0 bridgehead atoms. The van der Waals surface area contributed by atoms with E-state index in [2.05, 4.69) is 4.18 Å². The summed E-state index contributed by atoms with van der Waals surface area (Å²) in [6.45, 7) is 0.462. The van der Waals surface area contributed by atoms with Crippen molar-refractivity contribution in [3.8, 4) is 11.5 Å². The zero-order valence-corrected chi connectivity index (χ0v) is 10.3. The van der Waals surface area contributed by atoms with Crippen molar-refractivity contribution >= 4 is 10.1 Å². The SMILES string of the molecule is CS(=O)(=O)OCCCc1ccc2c(c1)OCO2. The van der Waals surface area contributed by atoms with Gasteiger partial charge in [0.1, 0.15) is 0 Å². The van der Waals surface area contributed by atoms with E-state index in [4.69, 9.17) is 9.47 Å². The molecule has 0 saturated carbocycles. The van der Waals surface area contributed by atoms with Crippen LogP contribution < -0.4 is 9.47 Å². The highest BCUT2D eigenvalue weighted by molar-refractivity contribution is 7.85. The zero-order valence-electron chi connectivity index (χ0n) is 9.51. The predicted octanol–water partition coefficient (Wildman–Crippen LogP) is 1.32. The van der Waals surface area contributed by atoms with Crippen molar-refractivity contribution in [1.29, 1.82) is 0 Å². The van der Waals surface area contributed by atoms with Crippen LogP contribution in [-0.2, 0) is 20.7 Å². The average Bonchev–Trinajstić information content (AvgIpc) is 2.70. The topological polar surface area (TPSA) is 61.8 Å². The first-order valence-electron chi connectivity index (χ1n) is 5.27. The molecule has 1 aliphatic rings. The minimum atomic E-state index is -3.33. The van der Waals surface area contributed by atoms with E-state index in [-0.39, 0.29) is 13.4 Å². The standard InChI is InChI=1S/C11H14O5S/c1-17(12,13)16-6-2-3-9-4-5-10-11(7-9)15-8-14-10/h4-5,7H,2-3,6,8H2,1H3. The van der Waals surface area contributed by atoms with Gasteiger partial charge in [-0.1, -0.05) is 6.07 Å². The molecule has 5 nitrogen and oxygen atoms in total. The number of hydrogen-bond acceptors (Lipinski definition) is 5. The summed E-state index contributed by atoms with van der Waals surface area (Å²) in [7, 11) is -3.33.